The van der Waals surface area contributed by atoms with Gasteiger partial charge in [0.15, 0.2) is 12.2 Å². The fraction of sp³-hybridized carbons (Fsp3) is 0.231. The van der Waals surface area contributed by atoms with Crippen LogP contribution in [0.25, 0.3) is 5.69 Å². The van der Waals surface area contributed by atoms with Crippen molar-refractivity contribution in [1.82, 2.24) is 9.78 Å². The van der Waals surface area contributed by atoms with Gasteiger partial charge in [-0.2, -0.15) is 5.10 Å². The SMILES string of the molecule is CCO/C=N/c1cc(C)nn1-c1ccccc1. The van der Waals surface area contributed by atoms with Gasteiger partial charge in [0.25, 0.3) is 0 Å². The molecule has 0 N–H and O–H groups in total. The molecule has 1 aromatic heterocycles. The summed E-state index contributed by atoms with van der Waals surface area (Å²) in [5.74, 6) is 0.766. The van der Waals surface area contributed by atoms with Gasteiger partial charge in [-0.3, -0.25) is 0 Å². The number of aliphatic imine (C=N–C) groups is 1. The molecule has 0 aliphatic heterocycles. The van der Waals surface area contributed by atoms with E-state index in [1.165, 1.54) is 6.40 Å². The predicted octanol–water partition coefficient (Wildman–Crippen LogP) is 2.88. The maximum atomic E-state index is 5.10. The van der Waals surface area contributed by atoms with Crippen LogP contribution in [0.1, 0.15) is 12.6 Å². The van der Waals surface area contributed by atoms with Crippen molar-refractivity contribution in [3.8, 4) is 5.69 Å². The number of hydrogen-bond acceptors (Lipinski definition) is 3. The topological polar surface area (TPSA) is 39.4 Å². The Balaban J connectivity index is 2.34. The van der Waals surface area contributed by atoms with E-state index < -0.39 is 0 Å². The van der Waals surface area contributed by atoms with Crippen LogP contribution in [0.2, 0.25) is 0 Å². The van der Waals surface area contributed by atoms with Crippen LogP contribution in [0.4, 0.5) is 5.82 Å². The first-order valence-electron chi connectivity index (χ1n) is 5.57. The van der Waals surface area contributed by atoms with Gasteiger partial charge in [0.2, 0.25) is 0 Å². The van der Waals surface area contributed by atoms with Crippen molar-refractivity contribution >= 4 is 12.2 Å². The summed E-state index contributed by atoms with van der Waals surface area (Å²) in [7, 11) is 0. The summed E-state index contributed by atoms with van der Waals surface area (Å²) in [6, 6.07) is 11.8. The number of ether oxygens (including phenoxy) is 1. The normalized spacial score (nSPS) is 10.9. The van der Waals surface area contributed by atoms with Gasteiger partial charge in [-0.1, -0.05) is 18.2 Å². The van der Waals surface area contributed by atoms with E-state index in [0.29, 0.717) is 6.61 Å². The van der Waals surface area contributed by atoms with Crippen molar-refractivity contribution in [3.05, 3.63) is 42.1 Å². The van der Waals surface area contributed by atoms with E-state index in [2.05, 4.69) is 10.1 Å². The Hall–Kier alpha value is -2.10. The van der Waals surface area contributed by atoms with Crippen molar-refractivity contribution in [2.45, 2.75) is 13.8 Å². The average Bonchev–Trinajstić information content (AvgIpc) is 2.72. The third-order valence-corrected chi connectivity index (χ3v) is 2.24. The van der Waals surface area contributed by atoms with Gasteiger partial charge in [0, 0.05) is 6.07 Å². The Labute approximate surface area is 101 Å². The molecule has 88 valence electrons. The second-order valence-electron chi connectivity index (χ2n) is 3.58. The fourth-order valence-corrected chi connectivity index (χ4v) is 1.50. The Morgan fingerprint density at radius 1 is 1.35 bits per heavy atom. The molecular weight excluding hydrogens is 214 g/mol. The van der Waals surface area contributed by atoms with Crippen molar-refractivity contribution in [3.63, 3.8) is 0 Å². The van der Waals surface area contributed by atoms with E-state index in [9.17, 15) is 0 Å². The number of para-hydroxylation sites is 1. The summed E-state index contributed by atoms with van der Waals surface area (Å²) < 4.78 is 6.90. The second-order valence-corrected chi connectivity index (χ2v) is 3.58. The first-order chi connectivity index (χ1) is 8.31. The molecule has 1 heterocycles. The standard InChI is InChI=1S/C13H15N3O/c1-3-17-10-14-13-9-11(2)15-16(13)12-7-5-4-6-8-12/h4-10H,3H2,1-2H3/b14-10+. The van der Waals surface area contributed by atoms with Gasteiger partial charge in [0.1, 0.15) is 0 Å². The molecule has 0 fully saturated rings. The number of aromatic nitrogens is 2. The van der Waals surface area contributed by atoms with Gasteiger partial charge in [-0.05, 0) is 26.0 Å². The van der Waals surface area contributed by atoms with Crippen LogP contribution < -0.4 is 0 Å². The first kappa shape index (κ1) is 11.4. The number of benzene rings is 1. The van der Waals surface area contributed by atoms with Gasteiger partial charge in [0.05, 0.1) is 18.0 Å². The largest absolute Gasteiger partial charge is 0.483 e. The van der Waals surface area contributed by atoms with Crippen molar-refractivity contribution < 1.29 is 4.74 Å². The maximum absolute atomic E-state index is 5.10. The van der Waals surface area contributed by atoms with E-state index in [1.54, 1.807) is 4.68 Å². The Bertz CT molecular complexity index is 503. The summed E-state index contributed by atoms with van der Waals surface area (Å²) in [6.45, 7) is 4.48. The molecule has 1 aromatic carbocycles. The maximum Gasteiger partial charge on any atom is 0.176 e. The summed E-state index contributed by atoms with van der Waals surface area (Å²) in [6.07, 6.45) is 1.45. The Kier molecular flexibility index (Phi) is 3.55. The molecule has 2 rings (SSSR count). The minimum Gasteiger partial charge on any atom is -0.483 e. The first-order valence-corrected chi connectivity index (χ1v) is 5.57. The van der Waals surface area contributed by atoms with E-state index in [-0.39, 0.29) is 0 Å². The molecule has 0 spiro atoms. The molecule has 4 heteroatoms. The van der Waals surface area contributed by atoms with Crippen LogP contribution in [0.5, 0.6) is 0 Å². The highest BCUT2D eigenvalue weighted by molar-refractivity contribution is 5.55. The van der Waals surface area contributed by atoms with Gasteiger partial charge >= 0.3 is 0 Å². The number of aryl methyl sites for hydroxylation is 1. The minimum absolute atomic E-state index is 0.613. The van der Waals surface area contributed by atoms with Crippen LogP contribution in [-0.2, 0) is 4.74 Å². The molecule has 0 saturated heterocycles. The Morgan fingerprint density at radius 3 is 2.82 bits per heavy atom. The lowest BCUT2D eigenvalue weighted by molar-refractivity contribution is 0.343. The van der Waals surface area contributed by atoms with E-state index in [1.807, 2.05) is 50.2 Å². The van der Waals surface area contributed by atoms with E-state index in [4.69, 9.17) is 4.74 Å². The van der Waals surface area contributed by atoms with Crippen molar-refractivity contribution in [1.29, 1.82) is 0 Å². The summed E-state index contributed by atoms with van der Waals surface area (Å²) in [4.78, 5) is 4.25. The second kappa shape index (κ2) is 5.30. The molecule has 0 amide bonds. The van der Waals surface area contributed by atoms with Gasteiger partial charge in [-0.25, -0.2) is 9.67 Å². The zero-order chi connectivity index (χ0) is 12.1. The molecule has 4 nitrogen and oxygen atoms in total. The lowest BCUT2D eigenvalue weighted by Crippen LogP contribution is -1.96. The number of hydrogen-bond donors (Lipinski definition) is 0. The zero-order valence-corrected chi connectivity index (χ0v) is 10.00. The Morgan fingerprint density at radius 2 is 2.12 bits per heavy atom. The molecule has 0 bridgehead atoms. The zero-order valence-electron chi connectivity index (χ0n) is 10.00. The fourth-order valence-electron chi connectivity index (χ4n) is 1.50. The quantitative estimate of drug-likeness (QED) is 0.597. The van der Waals surface area contributed by atoms with Crippen LogP contribution >= 0.6 is 0 Å². The third kappa shape index (κ3) is 2.72. The lowest BCUT2D eigenvalue weighted by Gasteiger charge is -2.02. The molecule has 0 aliphatic rings. The molecule has 0 aliphatic carbocycles. The molecule has 0 unspecified atom stereocenters. The van der Waals surface area contributed by atoms with Crippen LogP contribution in [-0.4, -0.2) is 22.8 Å². The van der Waals surface area contributed by atoms with Gasteiger partial charge in [-0.15, -0.1) is 0 Å². The summed E-state index contributed by atoms with van der Waals surface area (Å²) >= 11 is 0. The summed E-state index contributed by atoms with van der Waals surface area (Å²) in [5.41, 5.74) is 1.92. The lowest BCUT2D eigenvalue weighted by atomic mass is 10.3. The van der Waals surface area contributed by atoms with Crippen LogP contribution in [0.15, 0.2) is 41.4 Å². The van der Waals surface area contributed by atoms with Crippen LogP contribution in [0, 0.1) is 6.92 Å². The summed E-state index contributed by atoms with van der Waals surface area (Å²) in [5, 5.41) is 4.41. The highest BCUT2D eigenvalue weighted by Gasteiger charge is 2.05. The molecule has 0 saturated carbocycles. The molecular formula is C13H15N3O. The van der Waals surface area contributed by atoms with Crippen molar-refractivity contribution in [2.75, 3.05) is 6.61 Å². The van der Waals surface area contributed by atoms with Crippen LogP contribution in [0.3, 0.4) is 0 Å². The monoisotopic (exact) mass is 229 g/mol. The third-order valence-electron chi connectivity index (χ3n) is 2.24. The molecule has 2 aromatic rings. The van der Waals surface area contributed by atoms with E-state index in [0.717, 1.165) is 17.2 Å². The molecule has 0 atom stereocenters. The van der Waals surface area contributed by atoms with E-state index >= 15 is 0 Å². The predicted molar refractivity (Wildman–Crippen MR) is 68.1 cm³/mol. The molecule has 17 heavy (non-hydrogen) atoms. The van der Waals surface area contributed by atoms with Crippen molar-refractivity contribution in [2.24, 2.45) is 4.99 Å². The average molecular weight is 229 g/mol. The number of rotatable bonds is 4. The van der Waals surface area contributed by atoms with Gasteiger partial charge < -0.3 is 4.74 Å². The smallest absolute Gasteiger partial charge is 0.176 e. The minimum atomic E-state index is 0.613. The highest BCUT2D eigenvalue weighted by atomic mass is 16.5. The molecule has 0 radical (unpaired) electrons. The highest BCUT2D eigenvalue weighted by Crippen LogP contribution is 2.19. The number of nitrogens with zero attached hydrogens (tertiary/aromatic N) is 3.